The maximum Gasteiger partial charge on any atom is 0.203 e. The molecule has 1 N–H and O–H groups in total. The van der Waals surface area contributed by atoms with E-state index in [1.54, 1.807) is 18.3 Å². The Balaban J connectivity index is 1.86. The molecule has 1 aromatic heterocycles. The van der Waals surface area contributed by atoms with E-state index in [1.165, 1.54) is 18.9 Å². The van der Waals surface area contributed by atoms with Gasteiger partial charge in [-0.05, 0) is 37.5 Å². The Bertz CT molecular complexity index is 545. The van der Waals surface area contributed by atoms with Crippen molar-refractivity contribution in [3.63, 3.8) is 0 Å². The Morgan fingerprint density at radius 3 is 3.00 bits per heavy atom. The second-order valence-corrected chi connectivity index (χ2v) is 4.81. The minimum absolute atomic E-state index is 0.0736. The minimum Gasteiger partial charge on any atom is -0.353 e. The summed E-state index contributed by atoms with van der Waals surface area (Å²) in [4.78, 5) is 4.32. The summed E-state index contributed by atoms with van der Waals surface area (Å²) in [5.74, 6) is 0.672. The van der Waals surface area contributed by atoms with Gasteiger partial charge in [-0.15, -0.1) is 0 Å². The van der Waals surface area contributed by atoms with Crippen LogP contribution in [0.3, 0.4) is 0 Å². The third-order valence-corrected chi connectivity index (χ3v) is 3.33. The van der Waals surface area contributed by atoms with Crippen molar-refractivity contribution in [3.05, 3.63) is 48.0 Å². The molecule has 1 aliphatic rings. The van der Waals surface area contributed by atoms with Crippen molar-refractivity contribution in [3.8, 4) is 0 Å². The van der Waals surface area contributed by atoms with Crippen LogP contribution in [0.1, 0.15) is 31.4 Å². The molecule has 0 aliphatic heterocycles. The number of nitrogens with zero attached hydrogens (tertiary/aromatic N) is 2. The van der Waals surface area contributed by atoms with Crippen molar-refractivity contribution in [1.29, 1.82) is 0 Å². The van der Waals surface area contributed by atoms with Crippen LogP contribution in [-0.4, -0.2) is 15.6 Å². The van der Waals surface area contributed by atoms with Gasteiger partial charge in [-0.3, -0.25) is 0 Å². The van der Waals surface area contributed by atoms with E-state index in [-0.39, 0.29) is 11.9 Å². The Hall–Kier alpha value is -1.84. The molecule has 0 saturated heterocycles. The number of benzene rings is 1. The molecule has 1 aliphatic carbocycles. The zero-order valence-electron chi connectivity index (χ0n) is 10.3. The summed E-state index contributed by atoms with van der Waals surface area (Å²) in [5, 5.41) is 3.39. The van der Waals surface area contributed by atoms with E-state index in [0.29, 0.717) is 6.04 Å². The lowest BCUT2D eigenvalue weighted by molar-refractivity contribution is 0.606. The molecule has 0 bridgehead atoms. The van der Waals surface area contributed by atoms with Crippen molar-refractivity contribution in [1.82, 2.24) is 9.55 Å². The molecule has 3 rings (SSSR count). The molecule has 1 heterocycles. The summed E-state index contributed by atoms with van der Waals surface area (Å²) >= 11 is 0. The van der Waals surface area contributed by atoms with Gasteiger partial charge in [-0.1, -0.05) is 12.1 Å². The van der Waals surface area contributed by atoms with E-state index in [0.717, 1.165) is 11.5 Å². The fraction of sp³-hybridized carbons (Fsp3) is 0.357. The fourth-order valence-electron chi connectivity index (χ4n) is 2.07. The summed E-state index contributed by atoms with van der Waals surface area (Å²) < 4.78 is 15.3. The highest BCUT2D eigenvalue weighted by atomic mass is 19.1. The van der Waals surface area contributed by atoms with Gasteiger partial charge in [0, 0.05) is 18.4 Å². The molecule has 1 fully saturated rings. The Morgan fingerprint density at radius 2 is 2.28 bits per heavy atom. The van der Waals surface area contributed by atoms with Gasteiger partial charge in [0.15, 0.2) is 0 Å². The zero-order chi connectivity index (χ0) is 12.5. The van der Waals surface area contributed by atoms with Crippen LogP contribution < -0.4 is 5.32 Å². The molecule has 3 nitrogen and oxygen atoms in total. The summed E-state index contributed by atoms with van der Waals surface area (Å²) in [6.07, 6.45) is 6.13. The Morgan fingerprint density at radius 1 is 1.44 bits per heavy atom. The van der Waals surface area contributed by atoms with Crippen molar-refractivity contribution < 1.29 is 4.39 Å². The van der Waals surface area contributed by atoms with Gasteiger partial charge < -0.3 is 9.88 Å². The van der Waals surface area contributed by atoms with E-state index in [2.05, 4.69) is 17.2 Å². The number of imidazole rings is 1. The SMILES string of the molecule is CC(c1cccc(F)c1)n1ccnc1NC1CC1. The van der Waals surface area contributed by atoms with E-state index in [9.17, 15) is 4.39 Å². The van der Waals surface area contributed by atoms with Gasteiger partial charge in [-0.2, -0.15) is 0 Å². The van der Waals surface area contributed by atoms with Crippen LogP contribution in [0.5, 0.6) is 0 Å². The van der Waals surface area contributed by atoms with Crippen molar-refractivity contribution in [2.75, 3.05) is 5.32 Å². The predicted molar refractivity (Wildman–Crippen MR) is 69.1 cm³/mol. The second kappa shape index (κ2) is 4.44. The second-order valence-electron chi connectivity index (χ2n) is 4.81. The molecule has 4 heteroatoms. The molecular weight excluding hydrogens is 229 g/mol. The molecule has 0 amide bonds. The highest BCUT2D eigenvalue weighted by Crippen LogP contribution is 2.27. The van der Waals surface area contributed by atoms with Crippen LogP contribution in [0.25, 0.3) is 0 Å². The number of rotatable bonds is 4. The molecular formula is C14H16FN3. The predicted octanol–water partition coefficient (Wildman–Crippen LogP) is 3.21. The quantitative estimate of drug-likeness (QED) is 0.896. The van der Waals surface area contributed by atoms with E-state index in [4.69, 9.17) is 0 Å². The number of anilines is 1. The Kier molecular flexibility index (Phi) is 2.78. The number of nitrogens with one attached hydrogen (secondary N) is 1. The topological polar surface area (TPSA) is 29.9 Å². The first-order chi connectivity index (χ1) is 8.74. The molecule has 0 radical (unpaired) electrons. The number of hydrogen-bond acceptors (Lipinski definition) is 2. The lowest BCUT2D eigenvalue weighted by atomic mass is 10.1. The molecule has 18 heavy (non-hydrogen) atoms. The highest BCUT2D eigenvalue weighted by Gasteiger charge is 2.23. The monoisotopic (exact) mass is 245 g/mol. The fourth-order valence-corrected chi connectivity index (χ4v) is 2.07. The number of halogens is 1. The average molecular weight is 245 g/mol. The maximum atomic E-state index is 13.2. The minimum atomic E-state index is -0.198. The van der Waals surface area contributed by atoms with E-state index in [1.807, 2.05) is 16.8 Å². The molecule has 2 aromatic rings. The first-order valence-electron chi connectivity index (χ1n) is 6.29. The van der Waals surface area contributed by atoms with Crippen LogP contribution in [0.2, 0.25) is 0 Å². The van der Waals surface area contributed by atoms with E-state index < -0.39 is 0 Å². The molecule has 0 spiro atoms. The average Bonchev–Trinajstić information content (AvgIpc) is 3.05. The maximum absolute atomic E-state index is 13.2. The zero-order valence-corrected chi connectivity index (χ0v) is 10.3. The summed E-state index contributed by atoms with van der Waals surface area (Å²) in [6.45, 7) is 2.05. The summed E-state index contributed by atoms with van der Waals surface area (Å²) in [5.41, 5.74) is 0.951. The molecule has 1 saturated carbocycles. The number of hydrogen-bond donors (Lipinski definition) is 1. The van der Waals surface area contributed by atoms with Crippen LogP contribution in [0.4, 0.5) is 10.3 Å². The number of aromatic nitrogens is 2. The van der Waals surface area contributed by atoms with Gasteiger partial charge in [0.05, 0.1) is 6.04 Å². The van der Waals surface area contributed by atoms with Gasteiger partial charge in [0.2, 0.25) is 5.95 Å². The smallest absolute Gasteiger partial charge is 0.203 e. The molecule has 94 valence electrons. The van der Waals surface area contributed by atoms with Crippen LogP contribution in [0, 0.1) is 5.82 Å². The largest absolute Gasteiger partial charge is 0.353 e. The summed E-state index contributed by atoms with van der Waals surface area (Å²) in [6, 6.07) is 7.36. The lowest BCUT2D eigenvalue weighted by Gasteiger charge is -2.17. The van der Waals surface area contributed by atoms with Crippen molar-refractivity contribution in [2.24, 2.45) is 0 Å². The molecule has 1 atom stereocenters. The standard InChI is InChI=1S/C14H16FN3/c1-10(11-3-2-4-12(15)9-11)18-8-7-16-14(18)17-13-5-6-13/h2-4,7-10,13H,5-6H2,1H3,(H,16,17). The Labute approximate surface area is 106 Å². The van der Waals surface area contributed by atoms with Gasteiger partial charge in [0.25, 0.3) is 0 Å². The van der Waals surface area contributed by atoms with Crippen molar-refractivity contribution >= 4 is 5.95 Å². The normalized spacial score (nSPS) is 16.6. The van der Waals surface area contributed by atoms with Gasteiger partial charge in [-0.25, -0.2) is 9.37 Å². The first-order valence-corrected chi connectivity index (χ1v) is 6.29. The van der Waals surface area contributed by atoms with Crippen molar-refractivity contribution in [2.45, 2.75) is 31.8 Å². The highest BCUT2D eigenvalue weighted by molar-refractivity contribution is 5.33. The van der Waals surface area contributed by atoms with Crippen LogP contribution >= 0.6 is 0 Å². The van der Waals surface area contributed by atoms with Crippen LogP contribution in [0.15, 0.2) is 36.7 Å². The molecule has 1 aromatic carbocycles. The summed E-state index contributed by atoms with van der Waals surface area (Å²) in [7, 11) is 0. The van der Waals surface area contributed by atoms with Gasteiger partial charge in [0.1, 0.15) is 5.82 Å². The van der Waals surface area contributed by atoms with Crippen LogP contribution in [-0.2, 0) is 0 Å². The van der Waals surface area contributed by atoms with Gasteiger partial charge >= 0.3 is 0 Å². The third kappa shape index (κ3) is 2.23. The molecule has 1 unspecified atom stereocenters. The lowest BCUT2D eigenvalue weighted by Crippen LogP contribution is -2.13. The van der Waals surface area contributed by atoms with E-state index >= 15 is 0 Å². The third-order valence-electron chi connectivity index (χ3n) is 3.33. The first kappa shape index (κ1) is 11.3.